The molecular formula is C15H11NO3. The molecule has 94 valence electrons. The third-order valence-corrected chi connectivity index (χ3v) is 3.40. The Hall–Kier alpha value is -2.49. The van der Waals surface area contributed by atoms with Gasteiger partial charge in [0.25, 0.3) is 0 Å². The Morgan fingerprint density at radius 3 is 2.00 bits per heavy atom. The third kappa shape index (κ3) is 1.91. The molecule has 0 aliphatic heterocycles. The second-order valence-corrected chi connectivity index (χ2v) is 4.60. The van der Waals surface area contributed by atoms with E-state index in [0.717, 1.165) is 5.56 Å². The minimum atomic E-state index is -0.653. The molecule has 0 fully saturated rings. The van der Waals surface area contributed by atoms with E-state index in [1.165, 1.54) is 12.4 Å². The molecule has 4 heteroatoms. The van der Waals surface area contributed by atoms with Crippen molar-refractivity contribution in [2.75, 3.05) is 0 Å². The summed E-state index contributed by atoms with van der Waals surface area (Å²) in [4.78, 5) is 24.4. The Kier molecular flexibility index (Phi) is 2.63. The summed E-state index contributed by atoms with van der Waals surface area (Å²) in [5, 5.41) is 10.9. The highest BCUT2D eigenvalue weighted by Gasteiger charge is 2.37. The Morgan fingerprint density at radius 2 is 1.47 bits per heavy atom. The molecule has 1 heterocycles. The molecule has 0 radical (unpaired) electrons. The highest BCUT2D eigenvalue weighted by atomic mass is 16.5. The number of nitrogens with zero attached hydrogens (tertiary/aromatic N) is 1. The molecule has 0 amide bonds. The normalized spacial score (nSPS) is 14.7. The smallest absolute Gasteiger partial charge is 0.180 e. The van der Waals surface area contributed by atoms with Crippen LogP contribution < -0.4 is 4.73 Å². The molecule has 0 saturated carbocycles. The lowest BCUT2D eigenvalue weighted by Gasteiger charge is -2.06. The van der Waals surface area contributed by atoms with Crippen molar-refractivity contribution in [3.8, 4) is 0 Å². The molecule has 3 rings (SSSR count). The molecule has 0 saturated heterocycles. The minimum Gasteiger partial charge on any atom is -0.619 e. The van der Waals surface area contributed by atoms with Crippen molar-refractivity contribution in [1.82, 2.24) is 0 Å². The number of Topliss-reactive ketones (excluding diaryl/α,β-unsaturated/α-hetero) is 2. The van der Waals surface area contributed by atoms with Crippen LogP contribution in [-0.2, 0) is 6.42 Å². The van der Waals surface area contributed by atoms with Crippen LogP contribution in [0, 0.1) is 11.1 Å². The van der Waals surface area contributed by atoms with Gasteiger partial charge in [-0.05, 0) is 12.0 Å². The zero-order chi connectivity index (χ0) is 13.4. The number of benzene rings is 1. The van der Waals surface area contributed by atoms with Crippen LogP contribution in [0.3, 0.4) is 0 Å². The van der Waals surface area contributed by atoms with Gasteiger partial charge in [0.15, 0.2) is 24.0 Å². The van der Waals surface area contributed by atoms with Crippen molar-refractivity contribution >= 4 is 11.6 Å². The van der Waals surface area contributed by atoms with Crippen LogP contribution >= 0.6 is 0 Å². The maximum Gasteiger partial charge on any atom is 0.180 e. The maximum absolute atomic E-state index is 12.2. The summed E-state index contributed by atoms with van der Waals surface area (Å²) in [6, 6.07) is 10.2. The molecule has 19 heavy (non-hydrogen) atoms. The summed E-state index contributed by atoms with van der Waals surface area (Å²) in [5.74, 6) is -0.904. The summed E-state index contributed by atoms with van der Waals surface area (Å²) in [7, 11) is 0. The molecular weight excluding hydrogens is 242 g/mol. The van der Waals surface area contributed by atoms with Gasteiger partial charge >= 0.3 is 0 Å². The minimum absolute atomic E-state index is 0.126. The first-order valence-electron chi connectivity index (χ1n) is 6.02. The number of hydrogen-bond acceptors (Lipinski definition) is 3. The van der Waals surface area contributed by atoms with Crippen LogP contribution in [0.2, 0.25) is 0 Å². The van der Waals surface area contributed by atoms with E-state index in [4.69, 9.17) is 0 Å². The molecule has 0 N–H and O–H groups in total. The number of aromatic nitrogens is 1. The van der Waals surface area contributed by atoms with Gasteiger partial charge in [0.2, 0.25) is 0 Å². The first-order chi connectivity index (χ1) is 9.16. The monoisotopic (exact) mass is 253 g/mol. The number of pyridine rings is 1. The van der Waals surface area contributed by atoms with Crippen molar-refractivity contribution in [2.24, 2.45) is 5.92 Å². The predicted molar refractivity (Wildman–Crippen MR) is 67.7 cm³/mol. The van der Waals surface area contributed by atoms with Gasteiger partial charge in [0.1, 0.15) is 0 Å². The quantitative estimate of drug-likeness (QED) is 0.463. The molecule has 1 aromatic carbocycles. The molecule has 0 spiro atoms. The molecule has 0 bridgehead atoms. The number of carbonyl (C=O) groups is 2. The van der Waals surface area contributed by atoms with Gasteiger partial charge in [0.05, 0.1) is 5.92 Å². The standard InChI is InChI=1S/C15H11NO3/c17-14-11-3-1-2-4-12(11)15(18)13(14)9-10-5-7-16(19)8-6-10/h1-8,13H,9H2. The fraction of sp³-hybridized carbons (Fsp3) is 0.133. The van der Waals surface area contributed by atoms with Gasteiger partial charge in [-0.3, -0.25) is 9.59 Å². The second-order valence-electron chi connectivity index (χ2n) is 4.60. The summed E-state index contributed by atoms with van der Waals surface area (Å²) >= 11 is 0. The molecule has 0 atom stereocenters. The van der Waals surface area contributed by atoms with Crippen LogP contribution in [0.1, 0.15) is 26.3 Å². The molecule has 1 aliphatic rings. The summed E-state index contributed by atoms with van der Waals surface area (Å²) in [5.41, 5.74) is 1.83. The molecule has 0 unspecified atom stereocenters. The Morgan fingerprint density at radius 1 is 0.947 bits per heavy atom. The number of fused-ring (bicyclic) bond motifs is 1. The van der Waals surface area contributed by atoms with E-state index in [1.807, 2.05) is 0 Å². The van der Waals surface area contributed by atoms with E-state index in [2.05, 4.69) is 0 Å². The molecule has 1 aromatic heterocycles. The van der Waals surface area contributed by atoms with E-state index in [9.17, 15) is 14.8 Å². The van der Waals surface area contributed by atoms with Crippen LogP contribution in [0.4, 0.5) is 0 Å². The van der Waals surface area contributed by atoms with Crippen LogP contribution in [-0.4, -0.2) is 11.6 Å². The van der Waals surface area contributed by atoms with Crippen molar-refractivity contribution in [2.45, 2.75) is 6.42 Å². The van der Waals surface area contributed by atoms with Crippen molar-refractivity contribution in [1.29, 1.82) is 0 Å². The second kappa shape index (κ2) is 4.31. The average Bonchev–Trinajstić information content (AvgIpc) is 2.67. The van der Waals surface area contributed by atoms with E-state index in [0.29, 0.717) is 22.3 Å². The summed E-state index contributed by atoms with van der Waals surface area (Å²) in [6.45, 7) is 0. The predicted octanol–water partition coefficient (Wildman–Crippen LogP) is 1.56. The summed E-state index contributed by atoms with van der Waals surface area (Å²) in [6.07, 6.45) is 3.08. The summed E-state index contributed by atoms with van der Waals surface area (Å²) < 4.78 is 0.677. The van der Waals surface area contributed by atoms with Gasteiger partial charge in [-0.1, -0.05) is 24.3 Å². The average molecular weight is 253 g/mol. The molecule has 4 nitrogen and oxygen atoms in total. The first kappa shape index (κ1) is 11.6. The van der Waals surface area contributed by atoms with Crippen LogP contribution in [0.5, 0.6) is 0 Å². The van der Waals surface area contributed by atoms with Gasteiger partial charge in [0, 0.05) is 23.3 Å². The Labute approximate surface area is 109 Å². The highest BCUT2D eigenvalue weighted by molar-refractivity contribution is 6.26. The maximum atomic E-state index is 12.2. The van der Waals surface area contributed by atoms with Crippen LogP contribution in [0.15, 0.2) is 48.8 Å². The highest BCUT2D eigenvalue weighted by Crippen LogP contribution is 2.28. The number of rotatable bonds is 2. The Balaban J connectivity index is 1.90. The fourth-order valence-corrected chi connectivity index (χ4v) is 2.41. The van der Waals surface area contributed by atoms with E-state index in [-0.39, 0.29) is 11.6 Å². The van der Waals surface area contributed by atoms with Crippen LogP contribution in [0.25, 0.3) is 0 Å². The third-order valence-electron chi connectivity index (χ3n) is 3.40. The van der Waals surface area contributed by atoms with Crippen molar-refractivity contribution in [3.63, 3.8) is 0 Å². The zero-order valence-electron chi connectivity index (χ0n) is 10.1. The van der Waals surface area contributed by atoms with Gasteiger partial charge in [-0.15, -0.1) is 0 Å². The van der Waals surface area contributed by atoms with Gasteiger partial charge < -0.3 is 5.21 Å². The number of hydrogen-bond donors (Lipinski definition) is 0. The van der Waals surface area contributed by atoms with Gasteiger partial charge in [-0.2, -0.15) is 4.73 Å². The molecule has 1 aliphatic carbocycles. The lowest BCUT2D eigenvalue weighted by Crippen LogP contribution is -2.24. The lowest BCUT2D eigenvalue weighted by molar-refractivity contribution is -0.605. The first-order valence-corrected chi connectivity index (χ1v) is 6.02. The zero-order valence-corrected chi connectivity index (χ0v) is 10.1. The lowest BCUT2D eigenvalue weighted by atomic mass is 9.95. The van der Waals surface area contributed by atoms with Crippen molar-refractivity contribution < 1.29 is 14.3 Å². The van der Waals surface area contributed by atoms with Crippen molar-refractivity contribution in [3.05, 3.63) is 70.7 Å². The fourth-order valence-electron chi connectivity index (χ4n) is 2.41. The number of carbonyl (C=O) groups excluding carboxylic acids is 2. The van der Waals surface area contributed by atoms with E-state index in [1.54, 1.807) is 36.4 Å². The SMILES string of the molecule is O=C1c2ccccc2C(=O)C1Cc1cc[n+]([O-])cc1. The number of ketones is 2. The van der Waals surface area contributed by atoms with Gasteiger partial charge in [-0.25, -0.2) is 0 Å². The largest absolute Gasteiger partial charge is 0.619 e. The van der Waals surface area contributed by atoms with E-state index >= 15 is 0 Å². The molecule has 2 aromatic rings. The van der Waals surface area contributed by atoms with E-state index < -0.39 is 5.92 Å². The Bertz CT molecular complexity index is 626. The topological polar surface area (TPSA) is 61.1 Å².